The molecule has 6 heteroatoms. The van der Waals surface area contributed by atoms with E-state index in [0.717, 1.165) is 16.8 Å². The lowest BCUT2D eigenvalue weighted by Crippen LogP contribution is -2.17. The van der Waals surface area contributed by atoms with Crippen LogP contribution >= 0.6 is 0 Å². The minimum atomic E-state index is -4.48. The number of hydrogen-bond donors (Lipinski definition) is 0. The number of hydrogen-bond acceptors (Lipinski definition) is 3. The van der Waals surface area contributed by atoms with E-state index in [4.69, 9.17) is 4.74 Å². The quantitative estimate of drug-likeness (QED) is 0.472. The fraction of sp³-hybridized carbons (Fsp3) is 0.583. The molecule has 0 amide bonds. The summed E-state index contributed by atoms with van der Waals surface area (Å²) in [6.07, 6.45) is -4.02. The molecule has 0 fully saturated rings. The maximum atomic E-state index is 13.6. The Morgan fingerprint density at radius 2 is 1.50 bits per heavy atom. The molecule has 2 aromatic rings. The normalized spacial score (nSPS) is 13.4. The van der Waals surface area contributed by atoms with E-state index in [2.05, 4.69) is 23.8 Å². The summed E-state index contributed by atoms with van der Waals surface area (Å²) >= 11 is 0. The van der Waals surface area contributed by atoms with Gasteiger partial charge >= 0.3 is 6.18 Å². The molecule has 1 unspecified atom stereocenters. The van der Waals surface area contributed by atoms with E-state index in [0.29, 0.717) is 23.6 Å². The number of rotatable bonds is 7. The maximum Gasteiger partial charge on any atom is 0.433 e. The number of ether oxygens (including phenoxy) is 1. The average molecular weight is 423 g/mol. The van der Waals surface area contributed by atoms with Crippen molar-refractivity contribution in [3.8, 4) is 5.88 Å². The molecule has 30 heavy (non-hydrogen) atoms. The number of halogens is 3. The van der Waals surface area contributed by atoms with Gasteiger partial charge < -0.3 is 4.74 Å². The van der Waals surface area contributed by atoms with Gasteiger partial charge in [0.25, 0.3) is 0 Å². The first-order valence-corrected chi connectivity index (χ1v) is 10.5. The van der Waals surface area contributed by atoms with Gasteiger partial charge in [0.2, 0.25) is 5.88 Å². The number of alkyl halides is 3. The van der Waals surface area contributed by atoms with Crippen LogP contribution in [0.4, 0.5) is 13.2 Å². The molecule has 0 radical (unpaired) electrons. The van der Waals surface area contributed by atoms with Gasteiger partial charge in [-0.2, -0.15) is 13.2 Å². The van der Waals surface area contributed by atoms with Crippen LogP contribution in [0.25, 0.3) is 0 Å². The van der Waals surface area contributed by atoms with Crippen molar-refractivity contribution in [2.45, 2.75) is 84.7 Å². The number of methoxy groups -OCH3 is 1. The van der Waals surface area contributed by atoms with Gasteiger partial charge in [0.05, 0.1) is 12.8 Å². The largest absolute Gasteiger partial charge is 0.481 e. The summed E-state index contributed by atoms with van der Waals surface area (Å²) < 4.78 is 46.0. The van der Waals surface area contributed by atoms with Crippen LogP contribution in [-0.4, -0.2) is 17.1 Å². The lowest BCUT2D eigenvalue weighted by molar-refractivity contribution is -0.141. The monoisotopic (exact) mass is 422 g/mol. The molecule has 0 bridgehead atoms. The Morgan fingerprint density at radius 1 is 0.867 bits per heavy atom. The minimum absolute atomic E-state index is 0.0708. The van der Waals surface area contributed by atoms with Crippen molar-refractivity contribution in [2.24, 2.45) is 0 Å². The van der Waals surface area contributed by atoms with Crippen LogP contribution in [0.5, 0.6) is 5.88 Å². The van der Waals surface area contributed by atoms with Crippen molar-refractivity contribution >= 4 is 0 Å². The van der Waals surface area contributed by atoms with Gasteiger partial charge in [-0.3, -0.25) is 0 Å². The molecular weight excluding hydrogens is 389 g/mol. The Bertz CT molecular complexity index is 873. The van der Waals surface area contributed by atoms with Crippen LogP contribution in [0, 0.1) is 0 Å². The van der Waals surface area contributed by atoms with Crippen LogP contribution in [0.15, 0.2) is 18.2 Å². The van der Waals surface area contributed by atoms with E-state index in [1.165, 1.54) is 6.07 Å². The molecule has 0 saturated carbocycles. The van der Waals surface area contributed by atoms with Crippen molar-refractivity contribution in [3.05, 3.63) is 52.0 Å². The Labute approximate surface area is 178 Å². The van der Waals surface area contributed by atoms with Crippen molar-refractivity contribution in [1.29, 1.82) is 0 Å². The second-order valence-electron chi connectivity index (χ2n) is 8.86. The van der Waals surface area contributed by atoms with E-state index in [1.807, 2.05) is 46.8 Å². The molecule has 2 heterocycles. The number of pyridine rings is 2. The highest BCUT2D eigenvalue weighted by Gasteiger charge is 2.35. The molecule has 3 nitrogen and oxygen atoms in total. The van der Waals surface area contributed by atoms with E-state index in [-0.39, 0.29) is 23.7 Å². The molecule has 0 aliphatic heterocycles. The van der Waals surface area contributed by atoms with E-state index in [9.17, 15) is 13.2 Å². The van der Waals surface area contributed by atoms with E-state index >= 15 is 0 Å². The molecule has 166 valence electrons. The van der Waals surface area contributed by atoms with Crippen LogP contribution in [-0.2, 0) is 12.6 Å². The second-order valence-corrected chi connectivity index (χ2v) is 8.86. The predicted molar refractivity (Wildman–Crippen MR) is 114 cm³/mol. The summed E-state index contributed by atoms with van der Waals surface area (Å²) in [7, 11) is 1.57. The topological polar surface area (TPSA) is 35.0 Å². The van der Waals surface area contributed by atoms with E-state index in [1.54, 1.807) is 7.11 Å². The number of nitrogens with zero attached hydrogens (tertiary/aromatic N) is 2. The third kappa shape index (κ3) is 5.32. The molecule has 0 aliphatic rings. The Morgan fingerprint density at radius 3 is 1.97 bits per heavy atom. The molecule has 1 atom stereocenters. The molecular formula is C24H33F3N2O. The lowest BCUT2D eigenvalue weighted by atomic mass is 9.84. The van der Waals surface area contributed by atoms with Crippen LogP contribution in [0.3, 0.4) is 0 Å². The highest BCUT2D eigenvalue weighted by atomic mass is 19.4. The maximum absolute atomic E-state index is 13.6. The summed E-state index contributed by atoms with van der Waals surface area (Å²) in [5.41, 5.74) is 3.28. The summed E-state index contributed by atoms with van der Waals surface area (Å²) in [6.45, 7) is 14.0. The molecule has 2 aromatic heterocycles. The van der Waals surface area contributed by atoms with Crippen molar-refractivity contribution in [1.82, 2.24) is 9.97 Å². The third-order valence-electron chi connectivity index (χ3n) is 5.34. The molecule has 0 spiro atoms. The SMILES string of the molecule is COc1ccc(C(C)C)c(C(C)Cc2cc(C(F)(F)F)nc(C(C)C)c2C(C)C)n1. The fourth-order valence-corrected chi connectivity index (χ4v) is 3.94. The lowest BCUT2D eigenvalue weighted by Gasteiger charge is -2.24. The van der Waals surface area contributed by atoms with Gasteiger partial charge in [-0.15, -0.1) is 0 Å². The molecule has 0 aromatic carbocycles. The zero-order valence-electron chi connectivity index (χ0n) is 19.2. The average Bonchev–Trinajstić information content (AvgIpc) is 2.65. The van der Waals surface area contributed by atoms with Gasteiger partial charge in [0.15, 0.2) is 0 Å². The first kappa shape index (κ1) is 24.2. The third-order valence-corrected chi connectivity index (χ3v) is 5.34. The van der Waals surface area contributed by atoms with Gasteiger partial charge in [-0.1, -0.05) is 54.5 Å². The Hall–Kier alpha value is -2.11. The standard InChI is InChI=1S/C24H33F3N2O/c1-13(2)18-9-10-20(30-8)29-23(18)16(7)11-17-12-19(24(25,26)27)28-22(15(5)6)21(17)14(3)4/h9-10,12-16H,11H2,1-8H3. The van der Waals surface area contributed by atoms with Crippen molar-refractivity contribution < 1.29 is 17.9 Å². The van der Waals surface area contributed by atoms with E-state index < -0.39 is 11.9 Å². The second kappa shape index (κ2) is 9.36. The molecule has 0 aliphatic carbocycles. The van der Waals surface area contributed by atoms with Gasteiger partial charge in [0.1, 0.15) is 5.69 Å². The predicted octanol–water partition coefficient (Wildman–Crippen LogP) is 7.22. The number of aromatic nitrogens is 2. The zero-order valence-corrected chi connectivity index (χ0v) is 19.2. The van der Waals surface area contributed by atoms with Gasteiger partial charge in [-0.25, -0.2) is 9.97 Å². The summed E-state index contributed by atoms with van der Waals surface area (Å²) in [5, 5.41) is 0. The molecule has 0 N–H and O–H groups in total. The van der Waals surface area contributed by atoms with Gasteiger partial charge in [0, 0.05) is 17.7 Å². The highest BCUT2D eigenvalue weighted by Crippen LogP contribution is 2.37. The summed E-state index contributed by atoms with van der Waals surface area (Å²) in [4.78, 5) is 8.67. The fourth-order valence-electron chi connectivity index (χ4n) is 3.94. The Balaban J connectivity index is 2.63. The molecule has 0 saturated heterocycles. The van der Waals surface area contributed by atoms with Crippen LogP contribution in [0.2, 0.25) is 0 Å². The first-order chi connectivity index (χ1) is 13.9. The zero-order chi connectivity index (χ0) is 22.8. The van der Waals surface area contributed by atoms with Crippen molar-refractivity contribution in [3.63, 3.8) is 0 Å². The van der Waals surface area contributed by atoms with Crippen molar-refractivity contribution in [2.75, 3.05) is 7.11 Å². The smallest absolute Gasteiger partial charge is 0.433 e. The van der Waals surface area contributed by atoms with Gasteiger partial charge in [-0.05, 0) is 46.9 Å². The molecule has 2 rings (SSSR count). The van der Waals surface area contributed by atoms with Crippen LogP contribution in [0.1, 0.15) is 106 Å². The Kier molecular flexibility index (Phi) is 7.54. The highest BCUT2D eigenvalue weighted by molar-refractivity contribution is 5.40. The summed E-state index contributed by atoms with van der Waals surface area (Å²) in [6, 6.07) is 5.06. The minimum Gasteiger partial charge on any atom is -0.481 e. The van der Waals surface area contributed by atoms with Crippen LogP contribution < -0.4 is 4.74 Å². The summed E-state index contributed by atoms with van der Waals surface area (Å²) in [5.74, 6) is 0.666. The first-order valence-electron chi connectivity index (χ1n) is 10.5.